The van der Waals surface area contributed by atoms with E-state index in [-0.39, 0.29) is 22.4 Å². The van der Waals surface area contributed by atoms with Crippen molar-refractivity contribution in [1.29, 1.82) is 0 Å². The number of hydrogen-bond donors (Lipinski definition) is 1. The SMILES string of the molecule is COC(=O)N1CCCC(Nc2cnn(-c3ccc(F)cc3F)c(=O)c2Cl)C1. The van der Waals surface area contributed by atoms with Crippen LogP contribution in [0.4, 0.5) is 19.3 Å². The molecule has 1 fully saturated rings. The van der Waals surface area contributed by atoms with Crippen LogP contribution in [0.1, 0.15) is 12.8 Å². The molecule has 7 nitrogen and oxygen atoms in total. The highest BCUT2D eigenvalue weighted by Crippen LogP contribution is 2.22. The number of rotatable bonds is 3. The van der Waals surface area contributed by atoms with Gasteiger partial charge in [0.2, 0.25) is 0 Å². The summed E-state index contributed by atoms with van der Waals surface area (Å²) < 4.78 is 32.5. The van der Waals surface area contributed by atoms with Crippen molar-refractivity contribution in [1.82, 2.24) is 14.7 Å². The number of likely N-dealkylation sites (tertiary alicyclic amines) is 1. The Morgan fingerprint density at radius 2 is 2.19 bits per heavy atom. The van der Waals surface area contributed by atoms with Crippen LogP contribution < -0.4 is 10.9 Å². The summed E-state index contributed by atoms with van der Waals surface area (Å²) in [5.74, 6) is -1.69. The van der Waals surface area contributed by atoms with E-state index >= 15 is 0 Å². The second-order valence-corrected chi connectivity index (χ2v) is 6.46. The molecule has 1 saturated heterocycles. The molecule has 27 heavy (non-hydrogen) atoms. The number of anilines is 1. The van der Waals surface area contributed by atoms with Gasteiger partial charge in [-0.1, -0.05) is 11.6 Å². The van der Waals surface area contributed by atoms with E-state index in [1.165, 1.54) is 13.3 Å². The summed E-state index contributed by atoms with van der Waals surface area (Å²) in [6.45, 7) is 0.973. The van der Waals surface area contributed by atoms with Gasteiger partial charge in [0.25, 0.3) is 5.56 Å². The molecule has 1 atom stereocenters. The maximum atomic E-state index is 13.9. The normalized spacial score (nSPS) is 16.9. The molecule has 0 saturated carbocycles. The molecule has 0 bridgehead atoms. The first-order valence-corrected chi connectivity index (χ1v) is 8.61. The lowest BCUT2D eigenvalue weighted by atomic mass is 10.1. The summed E-state index contributed by atoms with van der Waals surface area (Å²) in [6.07, 6.45) is 2.40. The molecule has 1 N–H and O–H groups in total. The molecule has 1 aromatic carbocycles. The first-order chi connectivity index (χ1) is 12.9. The molecule has 0 aliphatic carbocycles. The lowest BCUT2D eigenvalue weighted by molar-refractivity contribution is 0.113. The van der Waals surface area contributed by atoms with Crippen LogP contribution in [0.5, 0.6) is 0 Å². The van der Waals surface area contributed by atoms with Crippen molar-refractivity contribution >= 4 is 23.4 Å². The number of piperidine rings is 1. The maximum absolute atomic E-state index is 13.9. The minimum absolute atomic E-state index is 0.144. The monoisotopic (exact) mass is 398 g/mol. The predicted octanol–water partition coefficient (Wildman–Crippen LogP) is 2.81. The summed E-state index contributed by atoms with van der Waals surface area (Å²) in [4.78, 5) is 25.7. The number of halogens is 3. The number of aromatic nitrogens is 2. The molecular formula is C17H17ClF2N4O3. The average Bonchev–Trinajstić information content (AvgIpc) is 2.66. The maximum Gasteiger partial charge on any atom is 0.409 e. The first kappa shape index (κ1) is 19.1. The molecule has 1 unspecified atom stereocenters. The molecule has 1 aliphatic rings. The number of nitrogens with one attached hydrogen (secondary N) is 1. The van der Waals surface area contributed by atoms with Gasteiger partial charge in [-0.2, -0.15) is 9.78 Å². The number of carbonyl (C=O) groups excluding carboxylic acids is 1. The summed E-state index contributed by atoms with van der Waals surface area (Å²) in [5, 5.41) is 6.84. The summed E-state index contributed by atoms with van der Waals surface area (Å²) in [7, 11) is 1.31. The fourth-order valence-electron chi connectivity index (χ4n) is 2.97. The Balaban J connectivity index is 1.83. The fraction of sp³-hybridized carbons (Fsp3) is 0.353. The van der Waals surface area contributed by atoms with Gasteiger partial charge in [0.15, 0.2) is 5.82 Å². The summed E-state index contributed by atoms with van der Waals surface area (Å²) >= 11 is 6.14. The molecule has 144 valence electrons. The van der Waals surface area contributed by atoms with Crippen LogP contribution >= 0.6 is 11.6 Å². The highest BCUT2D eigenvalue weighted by Gasteiger charge is 2.25. The van der Waals surface area contributed by atoms with Crippen LogP contribution in [0.25, 0.3) is 5.69 Å². The van der Waals surface area contributed by atoms with Gasteiger partial charge in [-0.3, -0.25) is 4.79 Å². The zero-order valence-electron chi connectivity index (χ0n) is 14.4. The van der Waals surface area contributed by atoms with Gasteiger partial charge < -0.3 is 15.0 Å². The molecule has 2 heterocycles. The number of methoxy groups -OCH3 is 1. The number of nitrogens with zero attached hydrogens (tertiary/aromatic N) is 3. The highest BCUT2D eigenvalue weighted by molar-refractivity contribution is 6.33. The Kier molecular flexibility index (Phi) is 5.59. The number of carbonyl (C=O) groups is 1. The van der Waals surface area contributed by atoms with Crippen molar-refractivity contribution in [2.45, 2.75) is 18.9 Å². The van der Waals surface area contributed by atoms with Gasteiger partial charge in [0.1, 0.15) is 16.5 Å². The molecule has 10 heteroatoms. The van der Waals surface area contributed by atoms with Crippen molar-refractivity contribution in [2.24, 2.45) is 0 Å². The van der Waals surface area contributed by atoms with E-state index in [0.29, 0.717) is 19.2 Å². The first-order valence-electron chi connectivity index (χ1n) is 8.23. The topological polar surface area (TPSA) is 76.5 Å². The number of amides is 1. The molecule has 0 radical (unpaired) electrons. The highest BCUT2D eigenvalue weighted by atomic mass is 35.5. The largest absolute Gasteiger partial charge is 0.453 e. The van der Waals surface area contributed by atoms with Crippen LogP contribution in [0, 0.1) is 11.6 Å². The Morgan fingerprint density at radius 1 is 1.41 bits per heavy atom. The van der Waals surface area contributed by atoms with Gasteiger partial charge >= 0.3 is 6.09 Å². The van der Waals surface area contributed by atoms with E-state index in [4.69, 9.17) is 16.3 Å². The number of hydrogen-bond acceptors (Lipinski definition) is 5. The minimum atomic E-state index is -0.928. The molecule has 1 aromatic heterocycles. The Labute approximate surface area is 158 Å². The number of ether oxygens (including phenoxy) is 1. The van der Waals surface area contributed by atoms with Crippen LogP contribution in [-0.4, -0.2) is 47.0 Å². The van der Waals surface area contributed by atoms with Gasteiger partial charge in [-0.05, 0) is 25.0 Å². The lowest BCUT2D eigenvalue weighted by Crippen LogP contribution is -2.45. The van der Waals surface area contributed by atoms with Crippen molar-refractivity contribution < 1.29 is 18.3 Å². The van der Waals surface area contributed by atoms with Gasteiger partial charge in [-0.15, -0.1) is 0 Å². The van der Waals surface area contributed by atoms with Crippen molar-refractivity contribution in [3.05, 3.63) is 51.4 Å². The zero-order valence-corrected chi connectivity index (χ0v) is 15.2. The third-order valence-corrected chi connectivity index (χ3v) is 4.64. The van der Waals surface area contributed by atoms with E-state index in [1.54, 1.807) is 4.90 Å². The molecule has 2 aromatic rings. The van der Waals surface area contributed by atoms with Crippen LogP contribution in [0.3, 0.4) is 0 Å². The molecule has 0 spiro atoms. The standard InChI is InChI=1S/C17H17ClF2N4O3/c1-27-17(26)23-6-2-3-11(9-23)22-13-8-21-24(16(25)15(13)18)14-5-4-10(19)7-12(14)20/h4-5,7-8,11,22H,2-3,6,9H2,1H3. The van der Waals surface area contributed by atoms with E-state index in [1.807, 2.05) is 0 Å². The molecular weight excluding hydrogens is 382 g/mol. The Morgan fingerprint density at radius 3 is 2.89 bits per heavy atom. The third-order valence-electron chi connectivity index (χ3n) is 4.27. The van der Waals surface area contributed by atoms with Gasteiger partial charge in [0.05, 0.1) is 19.0 Å². The molecule has 3 rings (SSSR count). The van der Waals surface area contributed by atoms with E-state index < -0.39 is 23.3 Å². The predicted molar refractivity (Wildman–Crippen MR) is 95.4 cm³/mol. The minimum Gasteiger partial charge on any atom is -0.453 e. The van der Waals surface area contributed by atoms with E-state index in [9.17, 15) is 18.4 Å². The quantitative estimate of drug-likeness (QED) is 0.860. The number of benzene rings is 1. The second kappa shape index (κ2) is 7.91. The smallest absolute Gasteiger partial charge is 0.409 e. The van der Waals surface area contributed by atoms with Crippen molar-refractivity contribution in [2.75, 3.05) is 25.5 Å². The average molecular weight is 399 g/mol. The van der Waals surface area contributed by atoms with Crippen molar-refractivity contribution in [3.63, 3.8) is 0 Å². The summed E-state index contributed by atoms with van der Waals surface area (Å²) in [6, 6.07) is 2.65. The molecule has 1 amide bonds. The van der Waals surface area contributed by atoms with Crippen LogP contribution in [0.15, 0.2) is 29.2 Å². The Hall–Kier alpha value is -2.68. The van der Waals surface area contributed by atoms with E-state index in [0.717, 1.165) is 29.7 Å². The Bertz CT molecular complexity index is 922. The van der Waals surface area contributed by atoms with Crippen LogP contribution in [-0.2, 0) is 4.74 Å². The lowest BCUT2D eigenvalue weighted by Gasteiger charge is -2.32. The van der Waals surface area contributed by atoms with Gasteiger partial charge in [-0.25, -0.2) is 13.6 Å². The zero-order chi connectivity index (χ0) is 19.6. The fourth-order valence-corrected chi connectivity index (χ4v) is 3.15. The third kappa shape index (κ3) is 4.02. The second-order valence-electron chi connectivity index (χ2n) is 6.08. The van der Waals surface area contributed by atoms with Gasteiger partial charge in [0, 0.05) is 25.2 Å². The van der Waals surface area contributed by atoms with E-state index in [2.05, 4.69) is 10.4 Å². The van der Waals surface area contributed by atoms with Crippen LogP contribution in [0.2, 0.25) is 5.02 Å². The molecule has 1 aliphatic heterocycles. The summed E-state index contributed by atoms with van der Waals surface area (Å²) in [5.41, 5.74) is -0.672. The van der Waals surface area contributed by atoms with Crippen molar-refractivity contribution in [3.8, 4) is 5.69 Å².